The maximum atomic E-state index is 5.76. The summed E-state index contributed by atoms with van der Waals surface area (Å²) in [5.74, 6) is 1.24. The molecule has 15 heavy (non-hydrogen) atoms. The molecular formula is C12H23N3. The van der Waals surface area contributed by atoms with Crippen LogP contribution >= 0.6 is 0 Å². The van der Waals surface area contributed by atoms with Crippen LogP contribution in [-0.2, 0) is 6.54 Å². The molecule has 3 nitrogen and oxygen atoms in total. The van der Waals surface area contributed by atoms with Crippen molar-refractivity contribution in [2.24, 2.45) is 17.6 Å². The minimum absolute atomic E-state index is 0.588. The van der Waals surface area contributed by atoms with E-state index in [4.69, 9.17) is 5.73 Å². The van der Waals surface area contributed by atoms with Crippen LogP contribution in [0.5, 0.6) is 0 Å². The van der Waals surface area contributed by atoms with Gasteiger partial charge in [0.2, 0.25) is 0 Å². The van der Waals surface area contributed by atoms with Crippen molar-refractivity contribution in [2.45, 2.75) is 20.4 Å². The number of aromatic nitrogens is 1. The molecule has 1 aromatic heterocycles. The van der Waals surface area contributed by atoms with Crippen molar-refractivity contribution in [3.8, 4) is 0 Å². The molecular weight excluding hydrogens is 186 g/mol. The predicted octanol–water partition coefficient (Wildman–Crippen LogP) is 1.68. The summed E-state index contributed by atoms with van der Waals surface area (Å²) < 4.78 is 0. The van der Waals surface area contributed by atoms with E-state index in [1.807, 2.05) is 12.3 Å². The van der Waals surface area contributed by atoms with Gasteiger partial charge in [-0.25, -0.2) is 0 Å². The van der Waals surface area contributed by atoms with E-state index in [2.05, 4.69) is 36.8 Å². The Morgan fingerprint density at radius 1 is 1.47 bits per heavy atom. The van der Waals surface area contributed by atoms with Gasteiger partial charge in [-0.05, 0) is 37.6 Å². The Balaban J connectivity index is 2.37. The minimum Gasteiger partial charge on any atom is -0.364 e. The molecule has 1 aromatic rings. The Morgan fingerprint density at radius 2 is 2.20 bits per heavy atom. The number of hydrogen-bond acceptors (Lipinski definition) is 2. The van der Waals surface area contributed by atoms with Crippen molar-refractivity contribution in [1.82, 2.24) is 9.88 Å². The number of aromatic amines is 1. The van der Waals surface area contributed by atoms with Gasteiger partial charge in [0.1, 0.15) is 0 Å². The highest BCUT2D eigenvalue weighted by Crippen LogP contribution is 2.11. The van der Waals surface area contributed by atoms with Crippen molar-refractivity contribution in [1.29, 1.82) is 0 Å². The second-order valence-corrected chi connectivity index (χ2v) is 4.63. The molecule has 0 aliphatic heterocycles. The first-order chi connectivity index (χ1) is 7.13. The number of nitrogens with one attached hydrogen (secondary N) is 1. The SMILES string of the molecule is CC(C)C(CN)CN(C)Cc1ccc[nH]1. The molecule has 0 spiro atoms. The van der Waals surface area contributed by atoms with Crippen LogP contribution in [0.1, 0.15) is 19.5 Å². The molecule has 0 amide bonds. The van der Waals surface area contributed by atoms with Crippen LogP contribution < -0.4 is 5.73 Å². The Bertz CT molecular complexity index is 254. The van der Waals surface area contributed by atoms with Crippen molar-refractivity contribution in [3.63, 3.8) is 0 Å². The highest BCUT2D eigenvalue weighted by atomic mass is 15.1. The minimum atomic E-state index is 0.588. The summed E-state index contributed by atoms with van der Waals surface area (Å²) >= 11 is 0. The monoisotopic (exact) mass is 209 g/mol. The first-order valence-electron chi connectivity index (χ1n) is 5.64. The van der Waals surface area contributed by atoms with Crippen molar-refractivity contribution in [2.75, 3.05) is 20.1 Å². The van der Waals surface area contributed by atoms with Gasteiger partial charge in [-0.3, -0.25) is 0 Å². The highest BCUT2D eigenvalue weighted by molar-refractivity contribution is 5.03. The van der Waals surface area contributed by atoms with Crippen LogP contribution in [-0.4, -0.2) is 30.0 Å². The van der Waals surface area contributed by atoms with Crippen LogP contribution in [0.15, 0.2) is 18.3 Å². The van der Waals surface area contributed by atoms with E-state index in [-0.39, 0.29) is 0 Å². The van der Waals surface area contributed by atoms with E-state index < -0.39 is 0 Å². The second-order valence-electron chi connectivity index (χ2n) is 4.63. The largest absolute Gasteiger partial charge is 0.364 e. The summed E-state index contributed by atoms with van der Waals surface area (Å²) in [6, 6.07) is 4.15. The predicted molar refractivity (Wildman–Crippen MR) is 64.5 cm³/mol. The Kier molecular flexibility index (Phi) is 4.85. The first-order valence-corrected chi connectivity index (χ1v) is 5.64. The van der Waals surface area contributed by atoms with E-state index >= 15 is 0 Å². The van der Waals surface area contributed by atoms with Gasteiger partial charge in [-0.2, -0.15) is 0 Å². The van der Waals surface area contributed by atoms with E-state index in [0.29, 0.717) is 11.8 Å². The molecule has 0 fully saturated rings. The van der Waals surface area contributed by atoms with Gasteiger partial charge >= 0.3 is 0 Å². The zero-order chi connectivity index (χ0) is 11.3. The maximum absolute atomic E-state index is 5.76. The molecule has 0 saturated heterocycles. The molecule has 0 aliphatic rings. The molecule has 3 N–H and O–H groups in total. The van der Waals surface area contributed by atoms with Crippen LogP contribution in [0.3, 0.4) is 0 Å². The molecule has 86 valence electrons. The van der Waals surface area contributed by atoms with Crippen LogP contribution in [0.25, 0.3) is 0 Å². The number of H-pyrrole nitrogens is 1. The normalized spacial score (nSPS) is 13.7. The van der Waals surface area contributed by atoms with E-state index in [9.17, 15) is 0 Å². The lowest BCUT2D eigenvalue weighted by Crippen LogP contribution is -2.33. The molecule has 1 unspecified atom stereocenters. The summed E-state index contributed by atoms with van der Waals surface area (Å²) in [5.41, 5.74) is 7.02. The molecule has 0 saturated carbocycles. The van der Waals surface area contributed by atoms with Gasteiger partial charge in [0, 0.05) is 25.0 Å². The molecule has 0 aromatic carbocycles. The van der Waals surface area contributed by atoms with Gasteiger partial charge in [0.25, 0.3) is 0 Å². The molecule has 1 heterocycles. The van der Waals surface area contributed by atoms with Gasteiger partial charge in [-0.1, -0.05) is 13.8 Å². The average molecular weight is 209 g/mol. The summed E-state index contributed by atoms with van der Waals surface area (Å²) in [5, 5.41) is 0. The fourth-order valence-electron chi connectivity index (χ4n) is 1.78. The number of nitrogens with two attached hydrogens (primary N) is 1. The maximum Gasteiger partial charge on any atom is 0.0382 e. The van der Waals surface area contributed by atoms with Gasteiger partial charge in [0.05, 0.1) is 0 Å². The first kappa shape index (κ1) is 12.3. The number of nitrogens with zero attached hydrogens (tertiary/aromatic N) is 1. The lowest BCUT2D eigenvalue weighted by atomic mass is 9.95. The summed E-state index contributed by atoms with van der Waals surface area (Å²) in [7, 11) is 2.14. The lowest BCUT2D eigenvalue weighted by Gasteiger charge is -2.25. The molecule has 1 rings (SSSR count). The Labute approximate surface area is 92.7 Å². The fraction of sp³-hybridized carbons (Fsp3) is 0.667. The molecule has 3 heteroatoms. The zero-order valence-electron chi connectivity index (χ0n) is 10.0. The fourth-order valence-corrected chi connectivity index (χ4v) is 1.78. The molecule has 0 radical (unpaired) electrons. The van der Waals surface area contributed by atoms with Crippen LogP contribution in [0, 0.1) is 11.8 Å². The third-order valence-corrected chi connectivity index (χ3v) is 2.89. The quantitative estimate of drug-likeness (QED) is 0.748. The average Bonchev–Trinajstić information content (AvgIpc) is 2.66. The number of rotatable bonds is 6. The standard InChI is InChI=1S/C12H23N3/c1-10(2)11(7-13)8-15(3)9-12-5-4-6-14-12/h4-6,10-11,14H,7-9,13H2,1-3H3. The molecule has 0 bridgehead atoms. The van der Waals surface area contributed by atoms with Crippen molar-refractivity contribution in [3.05, 3.63) is 24.0 Å². The number of hydrogen-bond donors (Lipinski definition) is 2. The van der Waals surface area contributed by atoms with E-state index in [1.165, 1.54) is 5.69 Å². The summed E-state index contributed by atoms with van der Waals surface area (Å²) in [4.78, 5) is 5.54. The summed E-state index contributed by atoms with van der Waals surface area (Å²) in [6.07, 6.45) is 1.96. The van der Waals surface area contributed by atoms with E-state index in [1.54, 1.807) is 0 Å². The molecule has 0 aliphatic carbocycles. The topological polar surface area (TPSA) is 45.0 Å². The zero-order valence-corrected chi connectivity index (χ0v) is 10.0. The van der Waals surface area contributed by atoms with Gasteiger partial charge < -0.3 is 15.6 Å². The smallest absolute Gasteiger partial charge is 0.0382 e. The third kappa shape index (κ3) is 4.06. The van der Waals surface area contributed by atoms with Gasteiger partial charge in [0.15, 0.2) is 0 Å². The second kappa shape index (κ2) is 5.93. The van der Waals surface area contributed by atoms with Gasteiger partial charge in [-0.15, -0.1) is 0 Å². The van der Waals surface area contributed by atoms with Crippen LogP contribution in [0.4, 0.5) is 0 Å². The Hall–Kier alpha value is -0.800. The summed E-state index contributed by atoms with van der Waals surface area (Å²) in [6.45, 7) is 7.27. The van der Waals surface area contributed by atoms with Crippen LogP contribution in [0.2, 0.25) is 0 Å². The highest BCUT2D eigenvalue weighted by Gasteiger charge is 2.13. The van der Waals surface area contributed by atoms with Crippen molar-refractivity contribution < 1.29 is 0 Å². The third-order valence-electron chi connectivity index (χ3n) is 2.89. The van der Waals surface area contributed by atoms with E-state index in [0.717, 1.165) is 19.6 Å². The molecule has 1 atom stereocenters. The lowest BCUT2D eigenvalue weighted by molar-refractivity contribution is 0.233. The Morgan fingerprint density at radius 3 is 2.67 bits per heavy atom. The van der Waals surface area contributed by atoms with Crippen molar-refractivity contribution >= 4 is 0 Å².